The molecule has 0 radical (unpaired) electrons. The quantitative estimate of drug-likeness (QED) is 0.831. The van der Waals surface area contributed by atoms with Crippen molar-refractivity contribution in [3.63, 3.8) is 0 Å². The third-order valence-electron chi connectivity index (χ3n) is 5.08. The van der Waals surface area contributed by atoms with E-state index in [4.69, 9.17) is 4.74 Å². The Kier molecular flexibility index (Phi) is 6.02. The van der Waals surface area contributed by atoms with Crippen LogP contribution in [-0.4, -0.2) is 53.6 Å². The Morgan fingerprint density at radius 3 is 2.92 bits per heavy atom. The van der Waals surface area contributed by atoms with E-state index in [1.54, 1.807) is 6.20 Å². The molecule has 1 fully saturated rings. The Labute approximate surface area is 149 Å². The predicted molar refractivity (Wildman–Crippen MR) is 97.2 cm³/mol. The number of aromatic nitrogens is 2. The van der Waals surface area contributed by atoms with Crippen LogP contribution in [0.1, 0.15) is 32.0 Å². The van der Waals surface area contributed by atoms with Gasteiger partial charge in [0.05, 0.1) is 5.92 Å². The Balaban J connectivity index is 1.70. The van der Waals surface area contributed by atoms with E-state index in [0.29, 0.717) is 12.5 Å². The fourth-order valence-electron chi connectivity index (χ4n) is 3.68. The van der Waals surface area contributed by atoms with Crippen LogP contribution in [-0.2, 0) is 9.53 Å². The lowest BCUT2D eigenvalue weighted by atomic mass is 9.84. The highest BCUT2D eigenvalue weighted by atomic mass is 16.5. The lowest BCUT2D eigenvalue weighted by Gasteiger charge is -2.35. The molecule has 3 rings (SSSR count). The van der Waals surface area contributed by atoms with Gasteiger partial charge in [0, 0.05) is 39.0 Å². The molecular weight excluding hydrogens is 316 g/mol. The van der Waals surface area contributed by atoms with Crippen LogP contribution in [0.5, 0.6) is 0 Å². The van der Waals surface area contributed by atoms with E-state index in [9.17, 15) is 4.79 Å². The fraction of sp³-hybridized carbons (Fsp3) is 0.632. The highest BCUT2D eigenvalue weighted by Gasteiger charge is 2.33. The summed E-state index contributed by atoms with van der Waals surface area (Å²) in [4.78, 5) is 23.8. The molecule has 25 heavy (non-hydrogen) atoms. The first-order valence-corrected chi connectivity index (χ1v) is 9.19. The van der Waals surface area contributed by atoms with Gasteiger partial charge in [0.25, 0.3) is 0 Å². The number of anilines is 1. The first-order valence-electron chi connectivity index (χ1n) is 9.19. The van der Waals surface area contributed by atoms with Crippen molar-refractivity contribution in [1.82, 2.24) is 14.9 Å². The number of ether oxygens (including phenoxy) is 1. The monoisotopic (exact) mass is 344 g/mol. The van der Waals surface area contributed by atoms with E-state index in [2.05, 4.69) is 28.3 Å². The highest BCUT2D eigenvalue weighted by Crippen LogP contribution is 2.27. The van der Waals surface area contributed by atoms with Crippen LogP contribution in [0, 0.1) is 18.8 Å². The summed E-state index contributed by atoms with van der Waals surface area (Å²) in [5.41, 5.74) is 1.28. The Morgan fingerprint density at radius 1 is 1.40 bits per heavy atom. The normalized spacial score (nSPS) is 20.1. The highest BCUT2D eigenvalue weighted by molar-refractivity contribution is 5.80. The van der Waals surface area contributed by atoms with Crippen molar-refractivity contribution in [3.8, 4) is 0 Å². The molecule has 1 saturated heterocycles. The second-order valence-corrected chi connectivity index (χ2v) is 7.03. The van der Waals surface area contributed by atoms with Gasteiger partial charge in [-0.2, -0.15) is 0 Å². The molecule has 0 spiro atoms. The van der Waals surface area contributed by atoms with E-state index >= 15 is 0 Å². The van der Waals surface area contributed by atoms with E-state index in [-0.39, 0.29) is 11.8 Å². The number of hydrogen-bond donors (Lipinski definition) is 1. The van der Waals surface area contributed by atoms with Crippen molar-refractivity contribution >= 4 is 11.7 Å². The summed E-state index contributed by atoms with van der Waals surface area (Å²) in [5, 5.41) is 3.36. The minimum atomic E-state index is -0.0370. The summed E-state index contributed by atoms with van der Waals surface area (Å²) >= 11 is 0. The maximum Gasteiger partial charge on any atom is 0.228 e. The molecular formula is C19H28N4O2. The van der Waals surface area contributed by atoms with Crippen molar-refractivity contribution in [2.75, 3.05) is 38.2 Å². The topological polar surface area (TPSA) is 67.4 Å². The van der Waals surface area contributed by atoms with E-state index in [1.807, 2.05) is 17.9 Å². The number of rotatable bonds is 5. The summed E-state index contributed by atoms with van der Waals surface area (Å²) < 4.78 is 5.50. The molecule has 3 heterocycles. The first kappa shape index (κ1) is 17.9. The lowest BCUT2D eigenvalue weighted by Crippen LogP contribution is -2.45. The molecule has 0 saturated carbocycles. The molecule has 1 unspecified atom stereocenters. The number of hydrogen-bond acceptors (Lipinski definition) is 5. The van der Waals surface area contributed by atoms with Gasteiger partial charge >= 0.3 is 0 Å². The molecule has 136 valence electrons. The van der Waals surface area contributed by atoms with Crippen LogP contribution < -0.4 is 5.32 Å². The molecule has 1 N–H and O–H groups in total. The van der Waals surface area contributed by atoms with Crippen molar-refractivity contribution < 1.29 is 9.53 Å². The number of carbonyl (C=O) groups excluding carboxylic acids is 1. The van der Waals surface area contributed by atoms with Gasteiger partial charge in [-0.15, -0.1) is 0 Å². The van der Waals surface area contributed by atoms with Crippen LogP contribution >= 0.6 is 0 Å². The van der Waals surface area contributed by atoms with E-state index < -0.39 is 0 Å². The van der Waals surface area contributed by atoms with E-state index in [1.165, 1.54) is 5.57 Å². The van der Waals surface area contributed by atoms with Crippen LogP contribution in [0.25, 0.3) is 0 Å². The third kappa shape index (κ3) is 4.78. The van der Waals surface area contributed by atoms with Crippen molar-refractivity contribution in [2.24, 2.45) is 11.8 Å². The molecule has 2 aliphatic heterocycles. The SMILES string of the molecule is CC1=CCCN(C(=O)C(CNc2ccnc(C)n2)C2CCOCC2)C1. The van der Waals surface area contributed by atoms with E-state index in [0.717, 1.165) is 57.2 Å². The molecule has 0 aliphatic carbocycles. The zero-order valence-corrected chi connectivity index (χ0v) is 15.2. The standard InChI is InChI=1S/C19H28N4O2/c1-14-4-3-9-23(13-14)19(24)17(16-6-10-25-11-7-16)12-21-18-5-8-20-15(2)22-18/h4-5,8,16-17H,3,6-7,9-13H2,1-2H3,(H,20,21,22). The fourth-order valence-corrected chi connectivity index (χ4v) is 3.68. The van der Waals surface area contributed by atoms with Crippen molar-refractivity contribution in [1.29, 1.82) is 0 Å². The predicted octanol–water partition coefficient (Wildman–Crippen LogP) is 2.42. The minimum Gasteiger partial charge on any atom is -0.381 e. The molecule has 6 nitrogen and oxygen atoms in total. The van der Waals surface area contributed by atoms with Gasteiger partial charge in [0.15, 0.2) is 0 Å². The minimum absolute atomic E-state index is 0.0370. The van der Waals surface area contributed by atoms with Gasteiger partial charge in [0.1, 0.15) is 11.6 Å². The third-order valence-corrected chi connectivity index (χ3v) is 5.08. The summed E-state index contributed by atoms with van der Waals surface area (Å²) in [6.45, 7) is 7.66. The number of nitrogens with zero attached hydrogens (tertiary/aromatic N) is 3. The molecule has 1 aromatic heterocycles. The van der Waals surface area contributed by atoms with Gasteiger partial charge in [-0.3, -0.25) is 4.79 Å². The van der Waals surface area contributed by atoms with Crippen LogP contribution in [0.2, 0.25) is 0 Å². The Hall–Kier alpha value is -1.95. The number of aryl methyl sites for hydroxylation is 1. The smallest absolute Gasteiger partial charge is 0.228 e. The Bertz CT molecular complexity index is 626. The summed E-state index contributed by atoms with van der Waals surface area (Å²) in [6, 6.07) is 1.85. The molecule has 0 bridgehead atoms. The number of carbonyl (C=O) groups is 1. The van der Waals surface area contributed by atoms with Crippen molar-refractivity contribution in [2.45, 2.75) is 33.1 Å². The molecule has 2 aliphatic rings. The molecule has 6 heteroatoms. The largest absolute Gasteiger partial charge is 0.381 e. The summed E-state index contributed by atoms with van der Waals surface area (Å²) in [5.74, 6) is 2.11. The van der Waals surface area contributed by atoms with Gasteiger partial charge in [-0.05, 0) is 45.1 Å². The van der Waals surface area contributed by atoms with Crippen LogP contribution in [0.4, 0.5) is 5.82 Å². The second-order valence-electron chi connectivity index (χ2n) is 7.03. The number of nitrogens with one attached hydrogen (secondary N) is 1. The average Bonchev–Trinajstić information content (AvgIpc) is 2.63. The van der Waals surface area contributed by atoms with Crippen LogP contribution in [0.3, 0.4) is 0 Å². The number of amides is 1. The molecule has 1 atom stereocenters. The van der Waals surface area contributed by atoms with Gasteiger partial charge in [-0.25, -0.2) is 9.97 Å². The zero-order chi connectivity index (χ0) is 17.6. The molecule has 1 aromatic rings. The maximum atomic E-state index is 13.2. The maximum absolute atomic E-state index is 13.2. The summed E-state index contributed by atoms with van der Waals surface area (Å²) in [7, 11) is 0. The zero-order valence-electron chi connectivity index (χ0n) is 15.2. The van der Waals surface area contributed by atoms with Crippen LogP contribution in [0.15, 0.2) is 23.9 Å². The second kappa shape index (κ2) is 8.43. The lowest BCUT2D eigenvalue weighted by molar-refractivity contribution is -0.137. The van der Waals surface area contributed by atoms with Gasteiger partial charge in [0.2, 0.25) is 5.91 Å². The first-order chi connectivity index (χ1) is 12.1. The van der Waals surface area contributed by atoms with Gasteiger partial charge < -0.3 is 15.0 Å². The molecule has 0 aromatic carbocycles. The van der Waals surface area contributed by atoms with Gasteiger partial charge in [-0.1, -0.05) is 11.6 Å². The Morgan fingerprint density at radius 2 is 2.20 bits per heavy atom. The molecule has 1 amide bonds. The van der Waals surface area contributed by atoms with Crippen molar-refractivity contribution in [3.05, 3.63) is 29.7 Å². The summed E-state index contributed by atoms with van der Waals surface area (Å²) in [6.07, 6.45) is 6.83. The average molecular weight is 344 g/mol.